The van der Waals surface area contributed by atoms with Gasteiger partial charge < -0.3 is 19.7 Å². The average Bonchev–Trinajstić information content (AvgIpc) is 3.57. The Kier molecular flexibility index (Phi) is 5.67. The van der Waals surface area contributed by atoms with Gasteiger partial charge in [-0.3, -0.25) is 9.69 Å². The van der Waals surface area contributed by atoms with Crippen LogP contribution in [0.3, 0.4) is 0 Å². The zero-order valence-corrected chi connectivity index (χ0v) is 22.3. The van der Waals surface area contributed by atoms with E-state index in [1.54, 1.807) is 4.90 Å². The molecular weight excluding hydrogens is 466 g/mol. The van der Waals surface area contributed by atoms with Crippen LogP contribution in [0.25, 0.3) is 11.5 Å². The lowest BCUT2D eigenvalue weighted by Gasteiger charge is -2.31. The van der Waals surface area contributed by atoms with E-state index in [4.69, 9.17) is 9.97 Å². The normalized spacial score (nSPS) is 18.5. The molecule has 6 rings (SSSR count). The number of rotatable bonds is 5. The fourth-order valence-electron chi connectivity index (χ4n) is 5.54. The monoisotopic (exact) mass is 501 g/mol. The van der Waals surface area contributed by atoms with Crippen LogP contribution in [-0.4, -0.2) is 69.9 Å². The van der Waals surface area contributed by atoms with E-state index in [0.717, 1.165) is 73.6 Å². The highest BCUT2D eigenvalue weighted by Gasteiger charge is 2.37. The SMILES string of the molecule is CC(C)N(C)c1cc2c(c(N3CCNCC3)n1)CN(c1cccc(-c3nnc4n3C(C)(C)CC4)n1)C2=O. The summed E-state index contributed by atoms with van der Waals surface area (Å²) < 4.78 is 2.19. The first-order valence-electron chi connectivity index (χ1n) is 13.2. The molecule has 3 aromatic rings. The Morgan fingerprint density at radius 1 is 1.11 bits per heavy atom. The van der Waals surface area contributed by atoms with Crippen LogP contribution in [0.2, 0.25) is 0 Å². The second-order valence-corrected chi connectivity index (χ2v) is 11.1. The van der Waals surface area contributed by atoms with Crippen LogP contribution in [-0.2, 0) is 18.5 Å². The van der Waals surface area contributed by atoms with Crippen molar-refractivity contribution in [3.63, 3.8) is 0 Å². The van der Waals surface area contributed by atoms with Crippen molar-refractivity contribution in [1.29, 1.82) is 0 Å². The van der Waals surface area contributed by atoms with Crippen LogP contribution in [0.1, 0.15) is 55.9 Å². The zero-order valence-electron chi connectivity index (χ0n) is 22.3. The molecule has 0 saturated carbocycles. The number of amides is 1. The highest BCUT2D eigenvalue weighted by molar-refractivity contribution is 6.11. The van der Waals surface area contributed by atoms with Gasteiger partial charge in [0.1, 0.15) is 29.0 Å². The molecule has 0 spiro atoms. The Hall–Kier alpha value is -3.53. The number of nitrogens with zero attached hydrogens (tertiary/aromatic N) is 8. The lowest BCUT2D eigenvalue weighted by molar-refractivity contribution is 0.0996. The Morgan fingerprint density at radius 2 is 1.89 bits per heavy atom. The number of anilines is 3. The van der Waals surface area contributed by atoms with E-state index in [1.165, 1.54) is 0 Å². The van der Waals surface area contributed by atoms with Crippen molar-refractivity contribution in [2.24, 2.45) is 0 Å². The first-order valence-corrected chi connectivity index (χ1v) is 13.2. The third-order valence-electron chi connectivity index (χ3n) is 7.97. The number of hydrogen-bond donors (Lipinski definition) is 1. The molecule has 0 atom stereocenters. The largest absolute Gasteiger partial charge is 0.357 e. The molecular formula is C27H35N9O. The number of aryl methyl sites for hydroxylation is 1. The van der Waals surface area contributed by atoms with Crippen LogP contribution in [0, 0.1) is 0 Å². The minimum Gasteiger partial charge on any atom is -0.357 e. The molecule has 194 valence electrons. The second-order valence-electron chi connectivity index (χ2n) is 11.1. The Balaban J connectivity index is 1.39. The maximum atomic E-state index is 13.8. The maximum absolute atomic E-state index is 13.8. The summed E-state index contributed by atoms with van der Waals surface area (Å²) in [5, 5.41) is 12.3. The van der Waals surface area contributed by atoms with Gasteiger partial charge in [0, 0.05) is 56.8 Å². The zero-order chi connectivity index (χ0) is 25.9. The Morgan fingerprint density at radius 3 is 2.65 bits per heavy atom. The number of piperazine rings is 1. The summed E-state index contributed by atoms with van der Waals surface area (Å²) in [7, 11) is 2.03. The topological polar surface area (TPSA) is 95.3 Å². The summed E-state index contributed by atoms with van der Waals surface area (Å²) in [4.78, 5) is 30.0. The van der Waals surface area contributed by atoms with Gasteiger partial charge in [0.2, 0.25) is 0 Å². The second kappa shape index (κ2) is 8.79. The number of fused-ring (bicyclic) bond motifs is 2. The fourth-order valence-corrected chi connectivity index (χ4v) is 5.54. The van der Waals surface area contributed by atoms with Gasteiger partial charge in [-0.15, -0.1) is 10.2 Å². The molecule has 1 amide bonds. The quantitative estimate of drug-likeness (QED) is 0.570. The third-order valence-corrected chi connectivity index (χ3v) is 7.97. The minimum atomic E-state index is -0.0612. The van der Waals surface area contributed by atoms with Crippen LogP contribution in [0.5, 0.6) is 0 Å². The molecule has 1 fully saturated rings. The van der Waals surface area contributed by atoms with Crippen LogP contribution >= 0.6 is 0 Å². The molecule has 10 nitrogen and oxygen atoms in total. The summed E-state index contributed by atoms with van der Waals surface area (Å²) in [5.41, 5.74) is 2.36. The van der Waals surface area contributed by atoms with Gasteiger partial charge in [-0.05, 0) is 52.3 Å². The molecule has 0 aliphatic carbocycles. The summed E-state index contributed by atoms with van der Waals surface area (Å²) in [6, 6.07) is 8.01. The molecule has 0 bridgehead atoms. The van der Waals surface area contributed by atoms with Crippen molar-refractivity contribution in [2.75, 3.05) is 47.9 Å². The van der Waals surface area contributed by atoms with Crippen molar-refractivity contribution in [2.45, 2.75) is 58.7 Å². The molecule has 0 radical (unpaired) electrons. The predicted molar refractivity (Wildman–Crippen MR) is 144 cm³/mol. The molecule has 1 saturated heterocycles. The molecule has 3 aliphatic heterocycles. The van der Waals surface area contributed by atoms with Gasteiger partial charge >= 0.3 is 0 Å². The Bertz CT molecular complexity index is 1360. The van der Waals surface area contributed by atoms with Gasteiger partial charge in [0.15, 0.2) is 5.82 Å². The minimum absolute atomic E-state index is 0.0383. The number of carbonyl (C=O) groups excluding carboxylic acids is 1. The summed E-state index contributed by atoms with van der Waals surface area (Å²) >= 11 is 0. The van der Waals surface area contributed by atoms with Gasteiger partial charge in [0.05, 0.1) is 12.1 Å². The molecule has 6 heterocycles. The highest BCUT2D eigenvalue weighted by atomic mass is 16.2. The van der Waals surface area contributed by atoms with Crippen LogP contribution in [0.4, 0.5) is 17.5 Å². The lowest BCUT2D eigenvalue weighted by atomic mass is 10.0. The third kappa shape index (κ3) is 3.94. The molecule has 37 heavy (non-hydrogen) atoms. The molecule has 0 aromatic carbocycles. The molecule has 3 aliphatic rings. The van der Waals surface area contributed by atoms with E-state index in [0.29, 0.717) is 17.9 Å². The summed E-state index contributed by atoms with van der Waals surface area (Å²) in [6.07, 6.45) is 1.94. The van der Waals surface area contributed by atoms with Crippen molar-refractivity contribution in [1.82, 2.24) is 30.0 Å². The van der Waals surface area contributed by atoms with Crippen molar-refractivity contribution in [3.05, 3.63) is 41.2 Å². The van der Waals surface area contributed by atoms with E-state index >= 15 is 0 Å². The van der Waals surface area contributed by atoms with Crippen molar-refractivity contribution < 1.29 is 4.79 Å². The first-order chi connectivity index (χ1) is 17.7. The Labute approximate surface area is 217 Å². The van der Waals surface area contributed by atoms with Gasteiger partial charge in [-0.2, -0.15) is 0 Å². The van der Waals surface area contributed by atoms with Gasteiger partial charge in [-0.1, -0.05) is 6.07 Å². The average molecular weight is 502 g/mol. The van der Waals surface area contributed by atoms with Crippen LogP contribution < -0.4 is 20.0 Å². The molecule has 0 unspecified atom stereocenters. The van der Waals surface area contributed by atoms with E-state index in [2.05, 4.69) is 57.6 Å². The molecule has 1 N–H and O–H groups in total. The number of pyridine rings is 2. The standard InChI is InChI=1S/C27H35N9O/c1-17(2)33(5)23-15-18-19(24(30-23)34-13-11-28-12-14-34)16-35(26(18)37)21-8-6-7-20(29-21)25-32-31-22-9-10-27(3,4)36(22)25/h6-8,15,17,28H,9-14,16H2,1-5H3. The van der Waals surface area contributed by atoms with Crippen molar-refractivity contribution in [3.8, 4) is 11.5 Å². The van der Waals surface area contributed by atoms with E-state index in [1.807, 2.05) is 31.3 Å². The van der Waals surface area contributed by atoms with E-state index in [9.17, 15) is 4.79 Å². The first kappa shape index (κ1) is 23.8. The molecule has 10 heteroatoms. The smallest absolute Gasteiger partial charge is 0.260 e. The number of carbonyl (C=O) groups is 1. The fraction of sp³-hybridized carbons (Fsp3) is 0.519. The molecule has 3 aromatic heterocycles. The number of nitrogens with one attached hydrogen (secondary N) is 1. The summed E-state index contributed by atoms with van der Waals surface area (Å²) in [6.45, 7) is 12.7. The van der Waals surface area contributed by atoms with Crippen LogP contribution in [0.15, 0.2) is 24.3 Å². The predicted octanol–water partition coefficient (Wildman–Crippen LogP) is 2.83. The summed E-state index contributed by atoms with van der Waals surface area (Å²) in [5.74, 6) is 4.06. The van der Waals surface area contributed by atoms with Gasteiger partial charge in [-0.25, -0.2) is 9.97 Å². The highest BCUT2D eigenvalue weighted by Crippen LogP contribution is 2.38. The number of hydrogen-bond acceptors (Lipinski definition) is 8. The number of aromatic nitrogens is 5. The van der Waals surface area contributed by atoms with E-state index < -0.39 is 0 Å². The van der Waals surface area contributed by atoms with Gasteiger partial charge in [0.25, 0.3) is 5.91 Å². The van der Waals surface area contributed by atoms with Crippen molar-refractivity contribution >= 4 is 23.4 Å². The van der Waals surface area contributed by atoms with E-state index in [-0.39, 0.29) is 17.5 Å². The maximum Gasteiger partial charge on any atom is 0.260 e. The lowest BCUT2D eigenvalue weighted by Crippen LogP contribution is -2.44.